The van der Waals surface area contributed by atoms with Gasteiger partial charge in [0, 0.05) is 43.6 Å². The standard InChI is InChI=1S/C25H25ClN6/c1-17-3-6-23(32-8-2-7-28-32)24(9-17)30-13-18-10-19(14-30)16-31(15-18)25-12-27-21-5-4-20(26)11-22(21)29-25/h2-9,11-12,18-19H,10,13-16H2,1H3. The molecular formula is C25H25ClN6. The molecule has 162 valence electrons. The first kappa shape index (κ1) is 19.6. The van der Waals surface area contributed by atoms with Crippen LogP contribution in [0, 0.1) is 18.8 Å². The van der Waals surface area contributed by atoms with Crippen molar-refractivity contribution < 1.29 is 0 Å². The van der Waals surface area contributed by atoms with E-state index >= 15 is 0 Å². The summed E-state index contributed by atoms with van der Waals surface area (Å²) in [6, 6.07) is 14.3. The van der Waals surface area contributed by atoms with Gasteiger partial charge in [-0.05, 0) is 67.1 Å². The Hall–Kier alpha value is -3.12. The molecule has 6 nitrogen and oxygen atoms in total. The second-order valence-corrected chi connectivity index (χ2v) is 9.52. The fraction of sp³-hybridized carbons (Fsp3) is 0.320. The SMILES string of the molecule is Cc1ccc(-n2cccn2)c(N2CC3CC(CN(c4cnc5ccc(Cl)cc5n4)C3)C2)c1. The molecule has 0 amide bonds. The van der Waals surface area contributed by atoms with E-state index in [0.29, 0.717) is 16.9 Å². The molecule has 7 heteroatoms. The van der Waals surface area contributed by atoms with E-state index in [2.05, 4.69) is 45.0 Å². The normalized spacial score (nSPS) is 20.7. The zero-order valence-corrected chi connectivity index (χ0v) is 18.8. The third-order valence-electron chi connectivity index (χ3n) is 6.62. The van der Waals surface area contributed by atoms with Crippen LogP contribution in [0.1, 0.15) is 12.0 Å². The van der Waals surface area contributed by atoms with Crippen molar-refractivity contribution >= 4 is 34.1 Å². The maximum absolute atomic E-state index is 6.18. The fourth-order valence-electron chi connectivity index (χ4n) is 5.28. The van der Waals surface area contributed by atoms with Crippen LogP contribution in [0.5, 0.6) is 0 Å². The highest BCUT2D eigenvalue weighted by molar-refractivity contribution is 6.31. The Morgan fingerprint density at radius 1 is 0.906 bits per heavy atom. The minimum Gasteiger partial charge on any atom is -0.369 e. The lowest BCUT2D eigenvalue weighted by Gasteiger charge is -2.47. The number of hydrogen-bond donors (Lipinski definition) is 0. The molecular weight excluding hydrogens is 420 g/mol. The molecule has 2 atom stereocenters. The van der Waals surface area contributed by atoms with Crippen LogP contribution in [0.2, 0.25) is 5.02 Å². The van der Waals surface area contributed by atoms with E-state index in [0.717, 1.165) is 48.7 Å². The van der Waals surface area contributed by atoms with E-state index < -0.39 is 0 Å². The van der Waals surface area contributed by atoms with E-state index in [1.165, 1.54) is 17.7 Å². The van der Waals surface area contributed by atoms with Gasteiger partial charge in [-0.3, -0.25) is 4.98 Å². The van der Waals surface area contributed by atoms with Gasteiger partial charge in [-0.2, -0.15) is 5.10 Å². The molecule has 2 saturated heterocycles. The summed E-state index contributed by atoms with van der Waals surface area (Å²) in [5, 5.41) is 5.18. The predicted octanol–water partition coefficient (Wildman–Crippen LogP) is 4.74. The average molecular weight is 445 g/mol. The average Bonchev–Trinajstić information content (AvgIpc) is 3.32. The minimum absolute atomic E-state index is 0.588. The summed E-state index contributed by atoms with van der Waals surface area (Å²) in [5.74, 6) is 2.13. The molecule has 2 aromatic heterocycles. The highest BCUT2D eigenvalue weighted by Gasteiger charge is 2.35. The number of hydrogen-bond acceptors (Lipinski definition) is 5. The monoisotopic (exact) mass is 444 g/mol. The summed E-state index contributed by atoms with van der Waals surface area (Å²) in [6.07, 6.45) is 7.03. The molecule has 6 rings (SSSR count). The zero-order valence-electron chi connectivity index (χ0n) is 18.0. The number of aromatic nitrogens is 4. The molecule has 4 heterocycles. The van der Waals surface area contributed by atoms with Crippen molar-refractivity contribution in [3.05, 3.63) is 71.6 Å². The summed E-state index contributed by atoms with van der Waals surface area (Å²) in [6.45, 7) is 6.23. The van der Waals surface area contributed by atoms with Gasteiger partial charge in [-0.15, -0.1) is 0 Å². The highest BCUT2D eigenvalue weighted by atomic mass is 35.5. The summed E-state index contributed by atoms with van der Waals surface area (Å²) < 4.78 is 1.97. The zero-order chi connectivity index (χ0) is 21.7. The molecule has 2 unspecified atom stereocenters. The van der Waals surface area contributed by atoms with Gasteiger partial charge in [0.1, 0.15) is 5.82 Å². The Morgan fingerprint density at radius 3 is 2.50 bits per heavy atom. The molecule has 2 aliphatic heterocycles. The van der Waals surface area contributed by atoms with Crippen molar-refractivity contribution in [3.63, 3.8) is 0 Å². The molecule has 32 heavy (non-hydrogen) atoms. The molecule has 0 aliphatic carbocycles. The Labute approximate surface area is 192 Å². The van der Waals surface area contributed by atoms with Gasteiger partial charge in [0.2, 0.25) is 0 Å². The summed E-state index contributed by atoms with van der Waals surface area (Å²) in [5.41, 5.74) is 5.44. The van der Waals surface area contributed by atoms with Crippen LogP contribution in [0.15, 0.2) is 61.1 Å². The van der Waals surface area contributed by atoms with Gasteiger partial charge in [0.15, 0.2) is 0 Å². The van der Waals surface area contributed by atoms with E-state index in [9.17, 15) is 0 Å². The molecule has 0 saturated carbocycles. The van der Waals surface area contributed by atoms with Crippen molar-refractivity contribution in [2.45, 2.75) is 13.3 Å². The minimum atomic E-state index is 0.588. The van der Waals surface area contributed by atoms with E-state index in [1.807, 2.05) is 47.5 Å². The molecule has 0 radical (unpaired) electrons. The largest absolute Gasteiger partial charge is 0.369 e. The first-order valence-corrected chi connectivity index (χ1v) is 11.5. The predicted molar refractivity (Wildman–Crippen MR) is 129 cm³/mol. The van der Waals surface area contributed by atoms with E-state index in [1.54, 1.807) is 0 Å². The lowest BCUT2D eigenvalue weighted by atomic mass is 9.84. The van der Waals surface area contributed by atoms with E-state index in [-0.39, 0.29) is 0 Å². The quantitative estimate of drug-likeness (QED) is 0.456. The van der Waals surface area contributed by atoms with Gasteiger partial charge in [0.25, 0.3) is 0 Å². The van der Waals surface area contributed by atoms with Crippen LogP contribution in [0.25, 0.3) is 16.7 Å². The third-order valence-corrected chi connectivity index (χ3v) is 6.85. The molecule has 0 spiro atoms. The number of rotatable bonds is 3. The van der Waals surface area contributed by atoms with Crippen molar-refractivity contribution in [2.24, 2.45) is 11.8 Å². The summed E-state index contributed by atoms with van der Waals surface area (Å²) >= 11 is 6.18. The molecule has 2 aromatic carbocycles. The molecule has 2 aliphatic rings. The van der Waals surface area contributed by atoms with Crippen molar-refractivity contribution in [1.29, 1.82) is 0 Å². The third kappa shape index (κ3) is 3.58. The van der Waals surface area contributed by atoms with Crippen LogP contribution < -0.4 is 9.80 Å². The van der Waals surface area contributed by atoms with Crippen LogP contribution >= 0.6 is 11.6 Å². The van der Waals surface area contributed by atoms with Crippen LogP contribution in [-0.2, 0) is 0 Å². The molecule has 2 bridgehead atoms. The topological polar surface area (TPSA) is 50.1 Å². The van der Waals surface area contributed by atoms with Crippen molar-refractivity contribution in [2.75, 3.05) is 36.0 Å². The number of anilines is 2. The first-order valence-electron chi connectivity index (χ1n) is 11.2. The van der Waals surface area contributed by atoms with Crippen LogP contribution in [0.3, 0.4) is 0 Å². The summed E-state index contributed by atoms with van der Waals surface area (Å²) in [7, 11) is 0. The first-order chi connectivity index (χ1) is 15.6. The number of aryl methyl sites for hydroxylation is 1. The second kappa shape index (κ2) is 7.78. The van der Waals surface area contributed by atoms with Gasteiger partial charge >= 0.3 is 0 Å². The summed E-state index contributed by atoms with van der Waals surface area (Å²) in [4.78, 5) is 14.5. The lowest BCUT2D eigenvalue weighted by molar-refractivity contribution is 0.275. The van der Waals surface area contributed by atoms with Crippen LogP contribution in [-0.4, -0.2) is 45.9 Å². The Morgan fingerprint density at radius 2 is 1.72 bits per heavy atom. The Kier molecular flexibility index (Phi) is 4.76. The second-order valence-electron chi connectivity index (χ2n) is 9.08. The van der Waals surface area contributed by atoms with Crippen molar-refractivity contribution in [3.8, 4) is 5.69 Å². The Bertz CT molecular complexity index is 1260. The maximum Gasteiger partial charge on any atom is 0.147 e. The highest BCUT2D eigenvalue weighted by Crippen LogP contribution is 2.36. The number of nitrogens with zero attached hydrogens (tertiary/aromatic N) is 6. The van der Waals surface area contributed by atoms with Gasteiger partial charge in [-0.1, -0.05) is 17.7 Å². The number of benzene rings is 2. The lowest BCUT2D eigenvalue weighted by Crippen LogP contribution is -2.53. The van der Waals surface area contributed by atoms with Crippen molar-refractivity contribution in [1.82, 2.24) is 19.7 Å². The van der Waals surface area contributed by atoms with Crippen LogP contribution in [0.4, 0.5) is 11.5 Å². The van der Waals surface area contributed by atoms with Gasteiger partial charge in [-0.25, -0.2) is 9.67 Å². The fourth-order valence-corrected chi connectivity index (χ4v) is 5.45. The number of fused-ring (bicyclic) bond motifs is 3. The van der Waals surface area contributed by atoms with Gasteiger partial charge < -0.3 is 9.80 Å². The van der Waals surface area contributed by atoms with Gasteiger partial charge in [0.05, 0.1) is 28.6 Å². The Balaban J connectivity index is 1.26. The molecule has 0 N–H and O–H groups in total. The smallest absolute Gasteiger partial charge is 0.147 e. The number of halogens is 1. The number of piperidine rings is 2. The maximum atomic E-state index is 6.18. The molecule has 4 aromatic rings. The van der Waals surface area contributed by atoms with E-state index in [4.69, 9.17) is 16.6 Å². The molecule has 2 fully saturated rings.